The van der Waals surface area contributed by atoms with E-state index in [-0.39, 0.29) is 16.2 Å². The van der Waals surface area contributed by atoms with Crippen LogP contribution in [0, 0.1) is 21.7 Å². The minimum absolute atomic E-state index is 0.0833. The van der Waals surface area contributed by atoms with Gasteiger partial charge in [-0.05, 0) is 12.3 Å². The lowest BCUT2D eigenvalue weighted by molar-refractivity contribution is 0.242. The molecule has 0 aliphatic carbocycles. The molecule has 152 valence electrons. The molecule has 0 bridgehead atoms. The maximum absolute atomic E-state index is 7.15. The van der Waals surface area contributed by atoms with Crippen LogP contribution in [0.15, 0.2) is 9.98 Å². The van der Waals surface area contributed by atoms with Gasteiger partial charge in [0.25, 0.3) is 0 Å². The molecule has 2 aliphatic rings. The van der Waals surface area contributed by atoms with E-state index in [9.17, 15) is 0 Å². The molecule has 0 atom stereocenters. The fraction of sp³-hybridized carbons (Fsp3) is 0.857. The van der Waals surface area contributed by atoms with Gasteiger partial charge >= 0.3 is 0 Å². The van der Waals surface area contributed by atoms with Gasteiger partial charge < -0.3 is 14.9 Å². The minimum Gasteiger partial charge on any atom is -0.481 e. The third-order valence-corrected chi connectivity index (χ3v) is 3.79. The minimum atomic E-state index is 0.0833. The molecule has 0 radical (unpaired) electrons. The fourth-order valence-electron chi connectivity index (χ4n) is 1.70. The Bertz CT molecular complexity index is 501. The summed E-state index contributed by atoms with van der Waals surface area (Å²) in [6.45, 7) is 24.0. The van der Waals surface area contributed by atoms with Gasteiger partial charge in [-0.25, -0.2) is 0 Å². The van der Waals surface area contributed by atoms with Gasteiger partial charge in [0.1, 0.15) is 6.61 Å². The molecule has 5 nitrogen and oxygen atoms in total. The van der Waals surface area contributed by atoms with Crippen LogP contribution in [0.4, 0.5) is 0 Å². The Hall–Kier alpha value is -1.39. The first-order chi connectivity index (χ1) is 11.7. The van der Waals surface area contributed by atoms with E-state index in [0.717, 1.165) is 50.2 Å². The molecule has 0 aromatic carbocycles. The topological polar surface area (TPSA) is 67.0 Å². The van der Waals surface area contributed by atoms with Crippen LogP contribution in [0.2, 0.25) is 0 Å². The summed E-state index contributed by atoms with van der Waals surface area (Å²) < 4.78 is 10.7. The average molecular weight is 368 g/mol. The molecule has 0 spiro atoms. The van der Waals surface area contributed by atoms with Crippen LogP contribution in [0.25, 0.3) is 0 Å². The summed E-state index contributed by atoms with van der Waals surface area (Å²) in [5.74, 6) is 1.82. The lowest BCUT2D eigenvalue weighted by atomic mass is 9.91. The Morgan fingerprint density at radius 1 is 0.769 bits per heavy atom. The van der Waals surface area contributed by atoms with Gasteiger partial charge in [0.2, 0.25) is 0 Å². The molecule has 2 heterocycles. The third kappa shape index (κ3) is 10.6. The smallest absolute Gasteiger partial charge is 0.188 e. The highest BCUT2D eigenvalue weighted by atomic mass is 16.5. The SMILES string of the molecule is CC(=N)C(C)(C)C.CC(C)(C)C1=NCCCO1.CC(C)(C)C1=NCCO1. The van der Waals surface area contributed by atoms with Crippen molar-refractivity contribution in [2.24, 2.45) is 26.2 Å². The van der Waals surface area contributed by atoms with Gasteiger partial charge in [0.15, 0.2) is 11.8 Å². The highest BCUT2D eigenvalue weighted by Crippen LogP contribution is 2.19. The molecular formula is C21H41N3O2. The van der Waals surface area contributed by atoms with E-state index in [1.807, 2.05) is 27.7 Å². The largest absolute Gasteiger partial charge is 0.481 e. The van der Waals surface area contributed by atoms with Crippen LogP contribution in [0.3, 0.4) is 0 Å². The van der Waals surface area contributed by atoms with Crippen molar-refractivity contribution in [3.8, 4) is 0 Å². The van der Waals surface area contributed by atoms with Crippen molar-refractivity contribution in [2.75, 3.05) is 26.3 Å². The Balaban J connectivity index is 0.000000368. The first kappa shape index (κ1) is 24.6. The molecule has 2 aliphatic heterocycles. The second kappa shape index (κ2) is 10.1. The maximum Gasteiger partial charge on any atom is 0.188 e. The van der Waals surface area contributed by atoms with E-state index >= 15 is 0 Å². The van der Waals surface area contributed by atoms with Crippen LogP contribution in [0.5, 0.6) is 0 Å². The van der Waals surface area contributed by atoms with Crippen molar-refractivity contribution in [3.05, 3.63) is 0 Å². The summed E-state index contributed by atoms with van der Waals surface area (Å²) in [5, 5.41) is 7.15. The number of rotatable bonds is 0. The predicted molar refractivity (Wildman–Crippen MR) is 113 cm³/mol. The van der Waals surface area contributed by atoms with E-state index in [4.69, 9.17) is 14.9 Å². The molecule has 2 rings (SSSR count). The van der Waals surface area contributed by atoms with Gasteiger partial charge in [-0.15, -0.1) is 0 Å². The number of ether oxygens (including phenoxy) is 2. The zero-order valence-electron chi connectivity index (χ0n) is 18.7. The highest BCUT2D eigenvalue weighted by molar-refractivity contribution is 5.83. The molecule has 0 fully saturated rings. The van der Waals surface area contributed by atoms with Crippen molar-refractivity contribution in [1.29, 1.82) is 5.41 Å². The second-order valence-electron chi connectivity index (χ2n) is 9.80. The summed E-state index contributed by atoms with van der Waals surface area (Å²) in [5.41, 5.74) is 1.03. The van der Waals surface area contributed by atoms with E-state index < -0.39 is 0 Å². The molecular weight excluding hydrogens is 326 g/mol. The van der Waals surface area contributed by atoms with E-state index in [1.165, 1.54) is 0 Å². The van der Waals surface area contributed by atoms with E-state index in [0.29, 0.717) is 0 Å². The Morgan fingerprint density at radius 2 is 1.15 bits per heavy atom. The van der Waals surface area contributed by atoms with Gasteiger partial charge in [0.05, 0.1) is 13.2 Å². The summed E-state index contributed by atoms with van der Waals surface area (Å²) in [6.07, 6.45) is 1.07. The molecule has 0 unspecified atom stereocenters. The van der Waals surface area contributed by atoms with Gasteiger partial charge in [-0.2, -0.15) is 0 Å². The van der Waals surface area contributed by atoms with Gasteiger partial charge in [0, 0.05) is 29.5 Å². The molecule has 0 amide bonds. The molecule has 0 saturated heterocycles. The van der Waals surface area contributed by atoms with Crippen molar-refractivity contribution < 1.29 is 9.47 Å². The van der Waals surface area contributed by atoms with Crippen LogP contribution in [-0.2, 0) is 9.47 Å². The number of nitrogens with zero attached hydrogens (tertiary/aromatic N) is 2. The van der Waals surface area contributed by atoms with Crippen LogP contribution in [-0.4, -0.2) is 43.8 Å². The lowest BCUT2D eigenvalue weighted by Crippen LogP contribution is -2.27. The van der Waals surface area contributed by atoms with Crippen molar-refractivity contribution in [1.82, 2.24) is 0 Å². The fourth-order valence-corrected chi connectivity index (χ4v) is 1.70. The van der Waals surface area contributed by atoms with Crippen LogP contribution in [0.1, 0.15) is 75.7 Å². The maximum atomic E-state index is 7.15. The van der Waals surface area contributed by atoms with Crippen molar-refractivity contribution in [2.45, 2.75) is 75.7 Å². The monoisotopic (exact) mass is 367 g/mol. The number of aliphatic imine (C=N–C) groups is 2. The zero-order chi connectivity index (χ0) is 20.6. The van der Waals surface area contributed by atoms with E-state index in [2.05, 4.69) is 51.5 Å². The third-order valence-electron chi connectivity index (χ3n) is 3.79. The molecule has 26 heavy (non-hydrogen) atoms. The van der Waals surface area contributed by atoms with Crippen molar-refractivity contribution in [3.63, 3.8) is 0 Å². The Morgan fingerprint density at radius 3 is 1.31 bits per heavy atom. The quantitative estimate of drug-likeness (QED) is 0.584. The Kier molecular flexibility index (Phi) is 9.54. The Labute approximate surface area is 161 Å². The van der Waals surface area contributed by atoms with Crippen LogP contribution >= 0.6 is 0 Å². The van der Waals surface area contributed by atoms with Crippen LogP contribution < -0.4 is 0 Å². The van der Waals surface area contributed by atoms with Gasteiger partial charge in [-0.1, -0.05) is 62.3 Å². The summed E-state index contributed by atoms with van der Waals surface area (Å²) in [4.78, 5) is 8.50. The average Bonchev–Trinajstić information content (AvgIpc) is 3.02. The summed E-state index contributed by atoms with van der Waals surface area (Å²) in [6, 6.07) is 0. The highest BCUT2D eigenvalue weighted by Gasteiger charge is 2.23. The lowest BCUT2D eigenvalue weighted by Gasteiger charge is -2.24. The normalized spacial score (nSPS) is 17.3. The zero-order valence-corrected chi connectivity index (χ0v) is 18.7. The molecule has 0 aromatic rings. The van der Waals surface area contributed by atoms with Crippen molar-refractivity contribution >= 4 is 17.5 Å². The first-order valence-corrected chi connectivity index (χ1v) is 9.57. The second-order valence-corrected chi connectivity index (χ2v) is 9.80. The number of hydrogen-bond acceptors (Lipinski definition) is 5. The molecule has 1 N–H and O–H groups in total. The predicted octanol–water partition coefficient (Wildman–Crippen LogP) is 5.38. The molecule has 5 heteroatoms. The van der Waals surface area contributed by atoms with Gasteiger partial charge in [-0.3, -0.25) is 9.98 Å². The first-order valence-electron chi connectivity index (χ1n) is 9.57. The molecule has 0 saturated carbocycles. The number of hydrogen-bond donors (Lipinski definition) is 1. The summed E-state index contributed by atoms with van der Waals surface area (Å²) in [7, 11) is 0. The van der Waals surface area contributed by atoms with E-state index in [1.54, 1.807) is 0 Å². The molecule has 0 aromatic heterocycles. The summed E-state index contributed by atoms with van der Waals surface area (Å²) >= 11 is 0. The number of nitrogens with one attached hydrogen (secondary N) is 1. The standard InChI is InChI=1S/C8H15NO.C7H13NO.C6H13N/c1-8(2,3)7-9-5-4-6-10-7;1-7(2,3)6-8-4-5-9-6;1-5(7)6(2,3)4/h4-6H2,1-3H3;4-5H2,1-3H3;7H,1-4H3.